The number of aliphatic hydroxyl groups excluding tert-OH is 1. The quantitative estimate of drug-likeness (QED) is 0.745. The summed E-state index contributed by atoms with van der Waals surface area (Å²) in [5, 5.41) is 14.9. The third kappa shape index (κ3) is 3.23. The number of carbonyl (C=O) groups excluding carboxylic acids is 1. The Bertz CT molecular complexity index is 1050. The monoisotopic (exact) mass is 367 g/mol. The fourth-order valence-corrected chi connectivity index (χ4v) is 3.34. The van der Waals surface area contributed by atoms with Crippen molar-refractivity contribution in [2.24, 2.45) is 0 Å². The number of rotatable bonds is 4. The van der Waals surface area contributed by atoms with Gasteiger partial charge in [-0.05, 0) is 24.6 Å². The van der Waals surface area contributed by atoms with Crippen LogP contribution in [0, 0.1) is 0 Å². The highest BCUT2D eigenvalue weighted by atomic mass is 16.3. The molecule has 140 valence electrons. The summed E-state index contributed by atoms with van der Waals surface area (Å²) < 4.78 is 3.19. The molecule has 1 atom stereocenters. The second-order valence-corrected chi connectivity index (χ2v) is 6.72. The molecule has 3 aromatic rings. The normalized spacial score (nSPS) is 15.0. The molecule has 0 saturated heterocycles. The van der Waals surface area contributed by atoms with E-state index in [-0.39, 0.29) is 18.0 Å². The molecule has 0 unspecified atom stereocenters. The maximum absolute atomic E-state index is 12.7. The lowest BCUT2D eigenvalue weighted by molar-refractivity contribution is -0.133. The van der Waals surface area contributed by atoms with Crippen LogP contribution in [0.4, 0.5) is 0 Å². The van der Waals surface area contributed by atoms with Gasteiger partial charge in [0.25, 0.3) is 5.56 Å². The maximum atomic E-state index is 12.7. The second kappa shape index (κ2) is 6.96. The highest BCUT2D eigenvalue weighted by Gasteiger charge is 2.24. The van der Waals surface area contributed by atoms with Gasteiger partial charge in [0.15, 0.2) is 0 Å². The minimum atomic E-state index is -0.588. The van der Waals surface area contributed by atoms with Gasteiger partial charge in [-0.25, -0.2) is 4.98 Å². The van der Waals surface area contributed by atoms with E-state index in [0.29, 0.717) is 42.7 Å². The van der Waals surface area contributed by atoms with Crippen LogP contribution < -0.4 is 5.56 Å². The SMILES string of the molecule is CC[C@H](O)c1cc2n(n1)CCN(C(=O)Cn1cnc3ccccc3c1=O)C2. The van der Waals surface area contributed by atoms with E-state index in [4.69, 9.17) is 0 Å². The molecule has 0 bridgehead atoms. The van der Waals surface area contributed by atoms with Crippen molar-refractivity contribution in [3.63, 3.8) is 0 Å². The number of fused-ring (bicyclic) bond motifs is 2. The van der Waals surface area contributed by atoms with Gasteiger partial charge in [0.1, 0.15) is 6.54 Å². The van der Waals surface area contributed by atoms with Gasteiger partial charge in [-0.1, -0.05) is 19.1 Å². The smallest absolute Gasteiger partial charge is 0.261 e. The van der Waals surface area contributed by atoms with Crippen molar-refractivity contribution < 1.29 is 9.90 Å². The maximum Gasteiger partial charge on any atom is 0.261 e. The van der Waals surface area contributed by atoms with Gasteiger partial charge in [0, 0.05) is 6.54 Å². The molecule has 2 aromatic heterocycles. The Morgan fingerprint density at radius 1 is 1.30 bits per heavy atom. The van der Waals surface area contributed by atoms with E-state index >= 15 is 0 Å². The average Bonchev–Trinajstić information content (AvgIpc) is 3.13. The largest absolute Gasteiger partial charge is 0.387 e. The molecule has 0 saturated carbocycles. The highest BCUT2D eigenvalue weighted by molar-refractivity contribution is 5.79. The molecule has 1 aliphatic heterocycles. The molecule has 3 heterocycles. The molecule has 27 heavy (non-hydrogen) atoms. The first-order chi connectivity index (χ1) is 13.1. The van der Waals surface area contributed by atoms with Crippen LogP contribution in [-0.2, 0) is 24.4 Å². The van der Waals surface area contributed by atoms with Crippen molar-refractivity contribution in [1.29, 1.82) is 0 Å². The van der Waals surface area contributed by atoms with Crippen LogP contribution in [0.2, 0.25) is 0 Å². The summed E-state index contributed by atoms with van der Waals surface area (Å²) in [6.07, 6.45) is 1.43. The Hall–Kier alpha value is -3.00. The molecule has 0 fully saturated rings. The topological polar surface area (TPSA) is 93.2 Å². The lowest BCUT2D eigenvalue weighted by atomic mass is 10.2. The van der Waals surface area contributed by atoms with Crippen LogP contribution in [0.15, 0.2) is 41.5 Å². The van der Waals surface area contributed by atoms with E-state index in [2.05, 4.69) is 10.1 Å². The Balaban J connectivity index is 1.52. The van der Waals surface area contributed by atoms with Crippen molar-refractivity contribution in [3.8, 4) is 0 Å². The predicted molar refractivity (Wildman–Crippen MR) is 98.9 cm³/mol. The summed E-state index contributed by atoms with van der Waals surface area (Å²) in [7, 11) is 0. The Morgan fingerprint density at radius 2 is 2.11 bits per heavy atom. The van der Waals surface area contributed by atoms with E-state index in [1.807, 2.05) is 23.7 Å². The Labute approximate surface area is 155 Å². The van der Waals surface area contributed by atoms with Gasteiger partial charge < -0.3 is 10.0 Å². The van der Waals surface area contributed by atoms with Crippen LogP contribution in [0.3, 0.4) is 0 Å². The number of hydrogen-bond acceptors (Lipinski definition) is 5. The molecule has 0 spiro atoms. The third-order valence-corrected chi connectivity index (χ3v) is 4.93. The van der Waals surface area contributed by atoms with E-state index in [1.165, 1.54) is 10.9 Å². The Morgan fingerprint density at radius 3 is 2.93 bits per heavy atom. The standard InChI is InChI=1S/C19H21N5O3/c1-2-17(25)16-9-13-10-22(7-8-24(13)21-16)18(26)11-23-12-20-15-6-4-3-5-14(15)19(23)27/h3-6,9,12,17,25H,2,7-8,10-11H2,1H3/t17-/m0/s1. The summed E-state index contributed by atoms with van der Waals surface area (Å²) in [6.45, 7) is 3.36. The van der Waals surface area contributed by atoms with Crippen molar-refractivity contribution >= 4 is 16.8 Å². The molecule has 1 amide bonds. The highest BCUT2D eigenvalue weighted by Crippen LogP contribution is 2.20. The fraction of sp³-hybridized carbons (Fsp3) is 0.368. The lowest BCUT2D eigenvalue weighted by Crippen LogP contribution is -2.41. The van der Waals surface area contributed by atoms with Crippen molar-refractivity contribution in [3.05, 3.63) is 58.4 Å². The zero-order valence-corrected chi connectivity index (χ0v) is 15.1. The predicted octanol–water partition coefficient (Wildman–Crippen LogP) is 1.08. The number of carbonyl (C=O) groups is 1. The van der Waals surface area contributed by atoms with E-state index in [1.54, 1.807) is 23.1 Å². The second-order valence-electron chi connectivity index (χ2n) is 6.72. The van der Waals surface area contributed by atoms with Gasteiger partial charge in [-0.15, -0.1) is 0 Å². The average molecular weight is 367 g/mol. The lowest BCUT2D eigenvalue weighted by Gasteiger charge is -2.27. The van der Waals surface area contributed by atoms with Crippen molar-refractivity contribution in [2.75, 3.05) is 6.54 Å². The first-order valence-electron chi connectivity index (χ1n) is 9.03. The van der Waals surface area contributed by atoms with Crippen molar-refractivity contribution in [2.45, 2.75) is 39.1 Å². The van der Waals surface area contributed by atoms with Crippen LogP contribution >= 0.6 is 0 Å². The van der Waals surface area contributed by atoms with Crippen molar-refractivity contribution in [1.82, 2.24) is 24.2 Å². The fourth-order valence-electron chi connectivity index (χ4n) is 3.34. The zero-order chi connectivity index (χ0) is 19.0. The van der Waals surface area contributed by atoms with Crippen LogP contribution in [0.1, 0.15) is 30.8 Å². The molecule has 8 nitrogen and oxygen atoms in total. The summed E-state index contributed by atoms with van der Waals surface area (Å²) in [5.41, 5.74) is 1.93. The number of benzene rings is 1. The third-order valence-electron chi connectivity index (χ3n) is 4.93. The summed E-state index contributed by atoms with van der Waals surface area (Å²) >= 11 is 0. The summed E-state index contributed by atoms with van der Waals surface area (Å²) in [5.74, 6) is -0.140. The summed E-state index contributed by atoms with van der Waals surface area (Å²) in [6, 6.07) is 8.94. The van der Waals surface area contributed by atoms with Gasteiger partial charge in [-0.2, -0.15) is 5.10 Å². The van der Waals surface area contributed by atoms with Crippen LogP contribution in [0.25, 0.3) is 10.9 Å². The van der Waals surface area contributed by atoms with E-state index in [9.17, 15) is 14.7 Å². The van der Waals surface area contributed by atoms with Gasteiger partial charge >= 0.3 is 0 Å². The number of para-hydroxylation sites is 1. The molecule has 8 heteroatoms. The van der Waals surface area contributed by atoms with Gasteiger partial charge in [0.05, 0.1) is 47.8 Å². The number of aromatic nitrogens is 4. The number of aliphatic hydroxyl groups is 1. The number of nitrogens with zero attached hydrogens (tertiary/aromatic N) is 5. The van der Waals surface area contributed by atoms with Crippen LogP contribution in [0.5, 0.6) is 0 Å². The molecular weight excluding hydrogens is 346 g/mol. The number of amides is 1. The zero-order valence-electron chi connectivity index (χ0n) is 15.1. The minimum absolute atomic E-state index is 0.0464. The molecule has 4 rings (SSSR count). The molecule has 0 radical (unpaired) electrons. The molecule has 0 aliphatic carbocycles. The van der Waals surface area contributed by atoms with Crippen LogP contribution in [-0.4, -0.2) is 41.8 Å². The number of hydrogen-bond donors (Lipinski definition) is 1. The molecule has 1 N–H and O–H groups in total. The van der Waals surface area contributed by atoms with E-state index in [0.717, 1.165) is 5.69 Å². The molecule has 1 aliphatic rings. The van der Waals surface area contributed by atoms with Gasteiger partial charge in [0.2, 0.25) is 5.91 Å². The molecule has 1 aromatic carbocycles. The van der Waals surface area contributed by atoms with Gasteiger partial charge in [-0.3, -0.25) is 18.8 Å². The first-order valence-corrected chi connectivity index (χ1v) is 9.03. The molecular formula is C19H21N5O3. The minimum Gasteiger partial charge on any atom is -0.387 e. The Kier molecular flexibility index (Phi) is 4.49. The first kappa shape index (κ1) is 17.4. The summed E-state index contributed by atoms with van der Waals surface area (Å²) in [4.78, 5) is 31.3. The van der Waals surface area contributed by atoms with E-state index < -0.39 is 6.10 Å².